The van der Waals surface area contributed by atoms with Gasteiger partial charge in [0.15, 0.2) is 11.5 Å². The lowest BCUT2D eigenvalue weighted by atomic mass is 10.1. The van der Waals surface area contributed by atoms with Crippen LogP contribution in [0.5, 0.6) is 11.5 Å². The summed E-state index contributed by atoms with van der Waals surface area (Å²) in [6, 6.07) is 11.5. The Hall–Kier alpha value is -1.42. The van der Waals surface area contributed by atoms with Crippen LogP contribution < -0.4 is 14.8 Å². The van der Waals surface area contributed by atoms with E-state index in [2.05, 4.69) is 5.32 Å². The number of hydrogen-bond acceptors (Lipinski definition) is 3. The fourth-order valence-electron chi connectivity index (χ4n) is 2.34. The van der Waals surface area contributed by atoms with Gasteiger partial charge < -0.3 is 14.8 Å². The van der Waals surface area contributed by atoms with Crippen LogP contribution in [0.1, 0.15) is 18.1 Å². The summed E-state index contributed by atoms with van der Waals surface area (Å²) in [5.74, 6) is 1.56. The van der Waals surface area contributed by atoms with Crippen molar-refractivity contribution in [3.8, 4) is 11.5 Å². The van der Waals surface area contributed by atoms with Crippen LogP contribution >= 0.6 is 23.2 Å². The van der Waals surface area contributed by atoms with Crippen molar-refractivity contribution in [2.75, 3.05) is 20.3 Å². The van der Waals surface area contributed by atoms with Crippen LogP contribution in [0.25, 0.3) is 0 Å². The van der Waals surface area contributed by atoms with Crippen LogP contribution in [0.3, 0.4) is 0 Å². The lowest BCUT2D eigenvalue weighted by Crippen LogP contribution is -2.17. The highest BCUT2D eigenvalue weighted by atomic mass is 35.5. The lowest BCUT2D eigenvalue weighted by Gasteiger charge is -2.14. The highest BCUT2D eigenvalue weighted by molar-refractivity contribution is 6.35. The standard InChI is InChI=1S/C18H21Cl2NO2/c1-3-23-18-14(5-4-6-17(18)22-2)12-21-10-9-13-7-8-15(19)11-16(13)20/h4-8,11,21H,3,9-10,12H2,1-2H3. The zero-order chi connectivity index (χ0) is 16.7. The molecular formula is C18H21Cl2NO2. The van der Waals surface area contributed by atoms with Crippen LogP contribution in [0, 0.1) is 0 Å². The molecule has 0 bridgehead atoms. The summed E-state index contributed by atoms with van der Waals surface area (Å²) in [5.41, 5.74) is 2.16. The monoisotopic (exact) mass is 353 g/mol. The van der Waals surface area contributed by atoms with E-state index < -0.39 is 0 Å². The van der Waals surface area contributed by atoms with E-state index in [4.69, 9.17) is 32.7 Å². The van der Waals surface area contributed by atoms with Crippen molar-refractivity contribution < 1.29 is 9.47 Å². The third-order valence-corrected chi connectivity index (χ3v) is 4.06. The summed E-state index contributed by atoms with van der Waals surface area (Å²) in [4.78, 5) is 0. The number of methoxy groups -OCH3 is 1. The van der Waals surface area contributed by atoms with Gasteiger partial charge in [-0.15, -0.1) is 0 Å². The number of ether oxygens (including phenoxy) is 2. The fraction of sp³-hybridized carbons (Fsp3) is 0.333. The number of halogens is 2. The van der Waals surface area contributed by atoms with Crippen LogP contribution in [0.15, 0.2) is 36.4 Å². The van der Waals surface area contributed by atoms with Crippen LogP contribution in [-0.4, -0.2) is 20.3 Å². The molecule has 0 spiro atoms. The largest absolute Gasteiger partial charge is 0.493 e. The average molecular weight is 354 g/mol. The predicted molar refractivity (Wildman–Crippen MR) is 96.0 cm³/mol. The minimum Gasteiger partial charge on any atom is -0.493 e. The molecule has 0 unspecified atom stereocenters. The van der Waals surface area contributed by atoms with Crippen molar-refractivity contribution in [3.05, 3.63) is 57.6 Å². The molecule has 23 heavy (non-hydrogen) atoms. The molecular weight excluding hydrogens is 333 g/mol. The molecule has 0 radical (unpaired) electrons. The molecule has 2 aromatic rings. The third-order valence-electron chi connectivity index (χ3n) is 3.47. The van der Waals surface area contributed by atoms with Gasteiger partial charge in [-0.05, 0) is 43.7 Å². The van der Waals surface area contributed by atoms with Gasteiger partial charge in [0.1, 0.15) is 0 Å². The first-order valence-corrected chi connectivity index (χ1v) is 8.34. The zero-order valence-corrected chi connectivity index (χ0v) is 14.9. The summed E-state index contributed by atoms with van der Waals surface area (Å²) >= 11 is 12.1. The Bertz CT molecular complexity index is 647. The smallest absolute Gasteiger partial charge is 0.165 e. The van der Waals surface area contributed by atoms with E-state index in [1.165, 1.54) is 0 Å². The van der Waals surface area contributed by atoms with E-state index in [0.29, 0.717) is 23.2 Å². The normalized spacial score (nSPS) is 10.6. The maximum atomic E-state index is 6.18. The molecule has 3 nitrogen and oxygen atoms in total. The van der Waals surface area contributed by atoms with Crippen molar-refractivity contribution in [2.45, 2.75) is 19.9 Å². The quantitative estimate of drug-likeness (QED) is 0.695. The Morgan fingerprint density at radius 1 is 1.09 bits per heavy atom. The second-order valence-corrected chi connectivity index (χ2v) is 5.89. The van der Waals surface area contributed by atoms with Gasteiger partial charge in [-0.3, -0.25) is 0 Å². The van der Waals surface area contributed by atoms with Crippen molar-refractivity contribution >= 4 is 23.2 Å². The van der Waals surface area contributed by atoms with Gasteiger partial charge in [0.2, 0.25) is 0 Å². The maximum Gasteiger partial charge on any atom is 0.165 e. The SMILES string of the molecule is CCOc1c(CNCCc2ccc(Cl)cc2Cl)cccc1OC. The summed E-state index contributed by atoms with van der Waals surface area (Å²) in [7, 11) is 1.65. The highest BCUT2D eigenvalue weighted by Crippen LogP contribution is 2.31. The molecule has 0 saturated heterocycles. The molecule has 0 aliphatic carbocycles. The van der Waals surface area contributed by atoms with Crippen LogP contribution in [0.2, 0.25) is 10.0 Å². The fourth-order valence-corrected chi connectivity index (χ4v) is 2.84. The Morgan fingerprint density at radius 2 is 1.91 bits per heavy atom. The Kier molecular flexibility index (Phi) is 7.03. The van der Waals surface area contributed by atoms with Gasteiger partial charge >= 0.3 is 0 Å². The van der Waals surface area contributed by atoms with E-state index in [0.717, 1.165) is 35.6 Å². The average Bonchev–Trinajstić information content (AvgIpc) is 2.54. The Morgan fingerprint density at radius 3 is 2.61 bits per heavy atom. The van der Waals surface area contributed by atoms with E-state index >= 15 is 0 Å². The number of para-hydroxylation sites is 1. The van der Waals surface area contributed by atoms with Crippen molar-refractivity contribution in [1.29, 1.82) is 0 Å². The summed E-state index contributed by atoms with van der Waals surface area (Å²) in [6.45, 7) is 4.09. The second kappa shape index (κ2) is 9.02. The molecule has 0 fully saturated rings. The minimum atomic E-state index is 0.605. The van der Waals surface area contributed by atoms with E-state index in [9.17, 15) is 0 Å². The summed E-state index contributed by atoms with van der Waals surface area (Å²) in [5, 5.41) is 4.78. The van der Waals surface area contributed by atoms with Gasteiger partial charge in [0.25, 0.3) is 0 Å². The third kappa shape index (κ3) is 5.03. The summed E-state index contributed by atoms with van der Waals surface area (Å²) < 4.78 is 11.1. The van der Waals surface area contributed by atoms with Crippen molar-refractivity contribution in [1.82, 2.24) is 5.32 Å². The zero-order valence-electron chi connectivity index (χ0n) is 13.4. The number of hydrogen-bond donors (Lipinski definition) is 1. The number of benzene rings is 2. The van der Waals surface area contributed by atoms with E-state index in [1.54, 1.807) is 13.2 Å². The first-order valence-electron chi connectivity index (χ1n) is 7.59. The van der Waals surface area contributed by atoms with Gasteiger partial charge in [-0.1, -0.05) is 41.4 Å². The van der Waals surface area contributed by atoms with Crippen molar-refractivity contribution in [3.63, 3.8) is 0 Å². The molecule has 0 aliphatic rings. The molecule has 1 N–H and O–H groups in total. The highest BCUT2D eigenvalue weighted by Gasteiger charge is 2.09. The number of nitrogens with one attached hydrogen (secondary N) is 1. The molecule has 2 rings (SSSR count). The van der Waals surface area contributed by atoms with Gasteiger partial charge in [0.05, 0.1) is 13.7 Å². The van der Waals surface area contributed by atoms with Crippen LogP contribution in [0.4, 0.5) is 0 Å². The number of rotatable bonds is 8. The molecule has 0 aromatic heterocycles. The van der Waals surface area contributed by atoms with Crippen LogP contribution in [-0.2, 0) is 13.0 Å². The minimum absolute atomic E-state index is 0.605. The van der Waals surface area contributed by atoms with Gasteiger partial charge in [-0.2, -0.15) is 0 Å². The second-order valence-electron chi connectivity index (χ2n) is 5.04. The first-order chi connectivity index (χ1) is 11.2. The molecule has 0 amide bonds. The Labute approximate surface area is 147 Å². The topological polar surface area (TPSA) is 30.5 Å². The molecule has 0 aliphatic heterocycles. The van der Waals surface area contributed by atoms with E-state index in [-0.39, 0.29) is 0 Å². The predicted octanol–water partition coefficient (Wildman–Crippen LogP) is 4.73. The molecule has 124 valence electrons. The van der Waals surface area contributed by atoms with Crippen molar-refractivity contribution in [2.24, 2.45) is 0 Å². The van der Waals surface area contributed by atoms with E-state index in [1.807, 2.05) is 37.3 Å². The maximum absolute atomic E-state index is 6.18. The molecule has 0 heterocycles. The Balaban J connectivity index is 1.93. The molecule has 2 aromatic carbocycles. The lowest BCUT2D eigenvalue weighted by molar-refractivity contribution is 0.307. The van der Waals surface area contributed by atoms with Gasteiger partial charge in [0, 0.05) is 22.2 Å². The molecule has 5 heteroatoms. The summed E-state index contributed by atoms with van der Waals surface area (Å²) in [6.07, 6.45) is 0.837. The first kappa shape index (κ1) is 17.9. The van der Waals surface area contributed by atoms with Gasteiger partial charge in [-0.25, -0.2) is 0 Å². The molecule has 0 saturated carbocycles. The molecule has 0 atom stereocenters.